The Morgan fingerprint density at radius 2 is 0.965 bits per heavy atom. The SMILES string of the molecule is CC/C=C/C=C/C=C/C=C\CCCCCCCC(=O)OC(CCCCC/C=C\CCCCC)CC(=O)NC(CO)C(O)CCCCCCCCCCCCCCC. The van der Waals surface area contributed by atoms with Crippen LogP contribution in [0.4, 0.5) is 0 Å². The second kappa shape index (κ2) is 44.7. The lowest BCUT2D eigenvalue weighted by molar-refractivity contribution is -0.151. The summed E-state index contributed by atoms with van der Waals surface area (Å²) >= 11 is 0. The quantitative estimate of drug-likeness (QED) is 0.0247. The number of rotatable bonds is 42. The standard InChI is InChI=1S/C51H91NO5/c1-4-7-10-13-16-19-22-24-25-27-29-32-35-38-41-44-51(56)57-47(42-39-36-33-30-21-18-15-12-9-6-3)45-50(55)52-48(46-53)49(54)43-40-37-34-31-28-26-23-20-17-14-11-8-5-2/h7,10,13,16,18-19,21-22,24-25,47-49,53-54H,4-6,8-9,11-12,14-15,17,20,23,26-46H2,1-3H3,(H,52,55)/b10-7+,16-13+,21-18-,22-19+,25-24-. The van der Waals surface area contributed by atoms with Gasteiger partial charge in [0.05, 0.1) is 25.2 Å². The summed E-state index contributed by atoms with van der Waals surface area (Å²) in [6.07, 6.45) is 54.2. The normalized spacial score (nSPS) is 13.8. The number of carbonyl (C=O) groups excluding carboxylic acids is 2. The van der Waals surface area contributed by atoms with E-state index in [0.29, 0.717) is 19.3 Å². The fraction of sp³-hybridized carbons (Fsp3) is 0.765. The summed E-state index contributed by atoms with van der Waals surface area (Å²) in [7, 11) is 0. The number of allylic oxidation sites excluding steroid dienone is 10. The van der Waals surface area contributed by atoms with Crippen LogP contribution in [0, 0.1) is 0 Å². The van der Waals surface area contributed by atoms with Crippen molar-refractivity contribution in [2.45, 2.75) is 244 Å². The molecule has 0 bridgehead atoms. The molecule has 0 aromatic carbocycles. The zero-order chi connectivity index (χ0) is 41.7. The van der Waals surface area contributed by atoms with E-state index in [1.54, 1.807) is 0 Å². The summed E-state index contributed by atoms with van der Waals surface area (Å²) in [5.41, 5.74) is 0. The van der Waals surface area contributed by atoms with Crippen molar-refractivity contribution in [3.05, 3.63) is 60.8 Å². The predicted molar refractivity (Wildman–Crippen MR) is 245 cm³/mol. The summed E-state index contributed by atoms with van der Waals surface area (Å²) in [4.78, 5) is 26.0. The molecule has 6 nitrogen and oxygen atoms in total. The van der Waals surface area contributed by atoms with E-state index in [2.05, 4.69) is 68.6 Å². The Bertz CT molecular complexity index is 1030. The Labute approximate surface area is 352 Å². The van der Waals surface area contributed by atoms with Gasteiger partial charge in [-0.1, -0.05) is 204 Å². The van der Waals surface area contributed by atoms with Gasteiger partial charge in [-0.05, 0) is 70.6 Å². The van der Waals surface area contributed by atoms with Gasteiger partial charge in [-0.3, -0.25) is 9.59 Å². The Morgan fingerprint density at radius 1 is 0.526 bits per heavy atom. The molecule has 0 saturated carbocycles. The minimum absolute atomic E-state index is 0.0555. The maximum absolute atomic E-state index is 13.1. The Morgan fingerprint density at radius 3 is 1.54 bits per heavy atom. The van der Waals surface area contributed by atoms with E-state index in [-0.39, 0.29) is 24.9 Å². The third-order valence-corrected chi connectivity index (χ3v) is 10.7. The van der Waals surface area contributed by atoms with Gasteiger partial charge < -0.3 is 20.3 Å². The van der Waals surface area contributed by atoms with Gasteiger partial charge in [0, 0.05) is 6.42 Å². The number of esters is 1. The molecular weight excluding hydrogens is 707 g/mol. The monoisotopic (exact) mass is 798 g/mol. The van der Waals surface area contributed by atoms with Crippen LogP contribution < -0.4 is 5.32 Å². The average molecular weight is 798 g/mol. The maximum atomic E-state index is 13.1. The number of ether oxygens (including phenoxy) is 1. The lowest BCUT2D eigenvalue weighted by atomic mass is 10.0. The number of nitrogens with one attached hydrogen (secondary N) is 1. The van der Waals surface area contributed by atoms with Gasteiger partial charge in [0.15, 0.2) is 0 Å². The Balaban J connectivity index is 4.59. The number of amides is 1. The van der Waals surface area contributed by atoms with E-state index in [4.69, 9.17) is 4.74 Å². The molecule has 330 valence electrons. The fourth-order valence-electron chi connectivity index (χ4n) is 7.02. The molecular formula is C51H91NO5. The van der Waals surface area contributed by atoms with Gasteiger partial charge in [0.2, 0.25) is 5.91 Å². The number of hydrogen-bond acceptors (Lipinski definition) is 5. The molecule has 0 heterocycles. The first-order valence-corrected chi connectivity index (χ1v) is 24.1. The molecule has 0 aromatic heterocycles. The van der Waals surface area contributed by atoms with Crippen molar-refractivity contribution in [3.63, 3.8) is 0 Å². The fourth-order valence-corrected chi connectivity index (χ4v) is 7.02. The summed E-state index contributed by atoms with van der Waals surface area (Å²) in [6.45, 7) is 6.30. The molecule has 3 atom stereocenters. The van der Waals surface area contributed by atoms with Crippen molar-refractivity contribution in [1.82, 2.24) is 5.32 Å². The zero-order valence-electron chi connectivity index (χ0n) is 37.5. The molecule has 0 spiro atoms. The number of hydrogen-bond donors (Lipinski definition) is 3. The van der Waals surface area contributed by atoms with Gasteiger partial charge in [0.1, 0.15) is 6.10 Å². The molecule has 1 amide bonds. The Hall–Kier alpha value is -2.44. The van der Waals surface area contributed by atoms with Crippen LogP contribution in [0.1, 0.15) is 226 Å². The van der Waals surface area contributed by atoms with E-state index < -0.39 is 18.2 Å². The van der Waals surface area contributed by atoms with Gasteiger partial charge in [-0.2, -0.15) is 0 Å². The predicted octanol–water partition coefficient (Wildman–Crippen LogP) is 14.1. The van der Waals surface area contributed by atoms with Crippen LogP contribution in [0.2, 0.25) is 0 Å². The first kappa shape index (κ1) is 54.6. The largest absolute Gasteiger partial charge is 0.462 e. The lowest BCUT2D eigenvalue weighted by Gasteiger charge is -2.24. The molecule has 0 aliphatic heterocycles. The molecule has 6 heteroatoms. The van der Waals surface area contributed by atoms with Crippen LogP contribution >= 0.6 is 0 Å². The number of aliphatic hydroxyl groups is 2. The smallest absolute Gasteiger partial charge is 0.306 e. The van der Waals surface area contributed by atoms with E-state index in [1.807, 2.05) is 18.2 Å². The molecule has 0 aliphatic carbocycles. The molecule has 3 N–H and O–H groups in total. The van der Waals surface area contributed by atoms with Crippen molar-refractivity contribution in [2.75, 3.05) is 6.61 Å². The maximum Gasteiger partial charge on any atom is 0.306 e. The zero-order valence-corrected chi connectivity index (χ0v) is 37.5. The van der Waals surface area contributed by atoms with E-state index >= 15 is 0 Å². The third kappa shape index (κ3) is 40.1. The summed E-state index contributed by atoms with van der Waals surface area (Å²) in [5.74, 6) is -0.519. The molecule has 3 unspecified atom stereocenters. The van der Waals surface area contributed by atoms with Crippen LogP contribution in [0.3, 0.4) is 0 Å². The van der Waals surface area contributed by atoms with Crippen molar-refractivity contribution in [3.8, 4) is 0 Å². The molecule has 57 heavy (non-hydrogen) atoms. The van der Waals surface area contributed by atoms with E-state index in [0.717, 1.165) is 96.3 Å². The Kier molecular flexibility index (Phi) is 42.7. The van der Waals surface area contributed by atoms with Crippen LogP contribution in [-0.4, -0.2) is 46.9 Å². The highest BCUT2D eigenvalue weighted by atomic mass is 16.5. The highest BCUT2D eigenvalue weighted by molar-refractivity contribution is 5.77. The van der Waals surface area contributed by atoms with Crippen molar-refractivity contribution >= 4 is 11.9 Å². The lowest BCUT2D eigenvalue weighted by Crippen LogP contribution is -2.46. The van der Waals surface area contributed by atoms with Crippen LogP contribution in [-0.2, 0) is 14.3 Å². The van der Waals surface area contributed by atoms with Crippen molar-refractivity contribution in [2.24, 2.45) is 0 Å². The molecule has 0 fully saturated rings. The highest BCUT2D eigenvalue weighted by Gasteiger charge is 2.24. The first-order valence-electron chi connectivity index (χ1n) is 24.1. The molecule has 0 rings (SSSR count). The average Bonchev–Trinajstić information content (AvgIpc) is 3.20. The highest BCUT2D eigenvalue weighted by Crippen LogP contribution is 2.17. The van der Waals surface area contributed by atoms with E-state index in [9.17, 15) is 19.8 Å². The van der Waals surface area contributed by atoms with Gasteiger partial charge >= 0.3 is 5.97 Å². The van der Waals surface area contributed by atoms with Gasteiger partial charge in [0.25, 0.3) is 0 Å². The second-order valence-corrected chi connectivity index (χ2v) is 16.2. The van der Waals surface area contributed by atoms with Crippen LogP contribution in [0.15, 0.2) is 60.8 Å². The minimum Gasteiger partial charge on any atom is -0.462 e. The van der Waals surface area contributed by atoms with Crippen LogP contribution in [0.25, 0.3) is 0 Å². The third-order valence-electron chi connectivity index (χ3n) is 10.7. The summed E-state index contributed by atoms with van der Waals surface area (Å²) < 4.78 is 5.89. The number of carbonyl (C=O) groups is 2. The molecule has 0 aromatic rings. The number of unbranched alkanes of at least 4 members (excludes halogenated alkanes) is 23. The molecule has 0 radical (unpaired) electrons. The second-order valence-electron chi connectivity index (χ2n) is 16.2. The minimum atomic E-state index is -0.795. The summed E-state index contributed by atoms with van der Waals surface area (Å²) in [6, 6.07) is -0.711. The molecule has 0 saturated heterocycles. The first-order chi connectivity index (χ1) is 28.0. The summed E-state index contributed by atoms with van der Waals surface area (Å²) in [5, 5.41) is 23.7. The number of aliphatic hydroxyl groups excluding tert-OH is 2. The topological polar surface area (TPSA) is 95.9 Å². The van der Waals surface area contributed by atoms with E-state index in [1.165, 1.54) is 83.5 Å². The van der Waals surface area contributed by atoms with Gasteiger partial charge in [-0.15, -0.1) is 0 Å². The van der Waals surface area contributed by atoms with Crippen molar-refractivity contribution in [1.29, 1.82) is 0 Å². The van der Waals surface area contributed by atoms with Gasteiger partial charge in [-0.25, -0.2) is 0 Å². The van der Waals surface area contributed by atoms with Crippen LogP contribution in [0.5, 0.6) is 0 Å². The van der Waals surface area contributed by atoms with Crippen molar-refractivity contribution < 1.29 is 24.5 Å². The molecule has 0 aliphatic rings.